The van der Waals surface area contributed by atoms with Crippen LogP contribution in [0.2, 0.25) is 0 Å². The van der Waals surface area contributed by atoms with Crippen LogP contribution < -0.4 is 5.32 Å². The summed E-state index contributed by atoms with van der Waals surface area (Å²) >= 11 is 0. The normalized spacial score (nSPS) is 11.1. The van der Waals surface area contributed by atoms with Crippen molar-refractivity contribution in [3.8, 4) is 0 Å². The van der Waals surface area contributed by atoms with Gasteiger partial charge in [0.25, 0.3) is 0 Å². The molecule has 0 saturated carbocycles. The first-order valence-electron chi connectivity index (χ1n) is 7.53. The van der Waals surface area contributed by atoms with Crippen LogP contribution in [-0.2, 0) is 19.5 Å². The number of hydrogen-bond donors (Lipinski definition) is 1. The van der Waals surface area contributed by atoms with E-state index < -0.39 is 0 Å². The Morgan fingerprint density at radius 2 is 1.71 bits per heavy atom. The molecule has 0 saturated heterocycles. The van der Waals surface area contributed by atoms with E-state index in [1.165, 1.54) is 22.1 Å². The monoisotopic (exact) mass is 279 g/mol. The average molecular weight is 279 g/mol. The van der Waals surface area contributed by atoms with Gasteiger partial charge in [-0.05, 0) is 18.6 Å². The van der Waals surface area contributed by atoms with Gasteiger partial charge in [0.2, 0.25) is 0 Å². The fourth-order valence-corrected chi connectivity index (χ4v) is 2.67. The van der Waals surface area contributed by atoms with Gasteiger partial charge in [-0.25, -0.2) is 0 Å². The van der Waals surface area contributed by atoms with E-state index in [0.717, 1.165) is 30.9 Å². The third-order valence-electron chi connectivity index (χ3n) is 3.85. The molecule has 1 heterocycles. The number of aryl methyl sites for hydroxylation is 2. The van der Waals surface area contributed by atoms with Crippen molar-refractivity contribution in [3.63, 3.8) is 0 Å². The summed E-state index contributed by atoms with van der Waals surface area (Å²) in [6.45, 7) is 5.97. The van der Waals surface area contributed by atoms with Gasteiger partial charge in [-0.2, -0.15) is 0 Å². The van der Waals surface area contributed by atoms with Crippen molar-refractivity contribution in [2.45, 2.75) is 33.4 Å². The first-order valence-corrected chi connectivity index (χ1v) is 7.53. The lowest BCUT2D eigenvalue weighted by Gasteiger charge is -2.06. The molecule has 0 radical (unpaired) electrons. The third-order valence-corrected chi connectivity index (χ3v) is 3.85. The van der Waals surface area contributed by atoms with Gasteiger partial charge in [-0.1, -0.05) is 55.0 Å². The first kappa shape index (κ1) is 13.9. The topological polar surface area (TPSA) is 25.2 Å². The zero-order valence-corrected chi connectivity index (χ0v) is 12.6. The average Bonchev–Trinajstić information content (AvgIpc) is 2.87. The highest BCUT2D eigenvalue weighted by Gasteiger charge is 2.11. The van der Waals surface area contributed by atoms with Crippen LogP contribution >= 0.6 is 0 Å². The van der Waals surface area contributed by atoms with Crippen LogP contribution in [0, 0.1) is 6.92 Å². The lowest BCUT2D eigenvalue weighted by atomic mass is 10.1. The van der Waals surface area contributed by atoms with Crippen LogP contribution in [0.3, 0.4) is 0 Å². The van der Waals surface area contributed by atoms with Crippen molar-refractivity contribution in [1.29, 1.82) is 0 Å². The standard InChI is InChI=1S/C19H21NO/c1-3-18-17(16-6-4-5-7-19(16)21-18)13-20-12-15-10-8-14(2)9-11-15/h4-11,20H,3,12-13H2,1-2H3. The summed E-state index contributed by atoms with van der Waals surface area (Å²) in [5, 5.41) is 4.76. The van der Waals surface area contributed by atoms with Gasteiger partial charge in [0.1, 0.15) is 11.3 Å². The molecule has 0 spiro atoms. The minimum atomic E-state index is 0.841. The van der Waals surface area contributed by atoms with Crippen LogP contribution in [0.1, 0.15) is 29.4 Å². The highest BCUT2D eigenvalue weighted by molar-refractivity contribution is 5.82. The quantitative estimate of drug-likeness (QED) is 0.738. The number of hydrogen-bond acceptors (Lipinski definition) is 2. The fourth-order valence-electron chi connectivity index (χ4n) is 2.67. The molecule has 0 aliphatic carbocycles. The molecule has 1 aromatic heterocycles. The Balaban J connectivity index is 1.74. The van der Waals surface area contributed by atoms with Crippen LogP contribution in [0.5, 0.6) is 0 Å². The van der Waals surface area contributed by atoms with E-state index in [1.54, 1.807) is 0 Å². The molecule has 0 atom stereocenters. The highest BCUT2D eigenvalue weighted by Crippen LogP contribution is 2.26. The SMILES string of the molecule is CCc1oc2ccccc2c1CNCc1ccc(C)cc1. The molecule has 2 aromatic carbocycles. The van der Waals surface area contributed by atoms with Crippen molar-refractivity contribution in [2.24, 2.45) is 0 Å². The van der Waals surface area contributed by atoms with E-state index in [0.29, 0.717) is 0 Å². The molecule has 3 aromatic rings. The summed E-state index contributed by atoms with van der Waals surface area (Å²) < 4.78 is 5.93. The molecule has 0 unspecified atom stereocenters. The van der Waals surface area contributed by atoms with E-state index in [2.05, 4.69) is 55.6 Å². The molecule has 0 bridgehead atoms. The summed E-state index contributed by atoms with van der Waals surface area (Å²) in [6, 6.07) is 16.9. The maximum atomic E-state index is 5.93. The Bertz CT molecular complexity index is 725. The molecular weight excluding hydrogens is 258 g/mol. The van der Waals surface area contributed by atoms with Gasteiger partial charge in [-0.15, -0.1) is 0 Å². The zero-order valence-electron chi connectivity index (χ0n) is 12.6. The Morgan fingerprint density at radius 3 is 2.48 bits per heavy atom. The van der Waals surface area contributed by atoms with Gasteiger partial charge in [-0.3, -0.25) is 0 Å². The molecule has 3 rings (SSSR count). The number of nitrogens with one attached hydrogen (secondary N) is 1. The van der Waals surface area contributed by atoms with Crippen LogP contribution in [0.4, 0.5) is 0 Å². The van der Waals surface area contributed by atoms with E-state index >= 15 is 0 Å². The Morgan fingerprint density at radius 1 is 0.952 bits per heavy atom. The van der Waals surface area contributed by atoms with E-state index in [-0.39, 0.29) is 0 Å². The maximum absolute atomic E-state index is 5.93. The molecule has 21 heavy (non-hydrogen) atoms. The van der Waals surface area contributed by atoms with E-state index in [1.807, 2.05) is 12.1 Å². The molecular formula is C19H21NO. The summed E-state index contributed by atoms with van der Waals surface area (Å²) in [7, 11) is 0. The number of para-hydroxylation sites is 1. The second-order valence-electron chi connectivity index (χ2n) is 5.44. The van der Waals surface area contributed by atoms with Gasteiger partial charge in [0.15, 0.2) is 0 Å². The van der Waals surface area contributed by atoms with Crippen molar-refractivity contribution in [2.75, 3.05) is 0 Å². The molecule has 1 N–H and O–H groups in total. The summed E-state index contributed by atoms with van der Waals surface area (Å²) in [5.74, 6) is 1.09. The Kier molecular flexibility index (Phi) is 4.07. The molecule has 2 heteroatoms. The predicted octanol–water partition coefficient (Wildman–Crippen LogP) is 4.59. The lowest BCUT2D eigenvalue weighted by Crippen LogP contribution is -2.13. The molecule has 0 aliphatic heterocycles. The third kappa shape index (κ3) is 3.01. The lowest BCUT2D eigenvalue weighted by molar-refractivity contribution is 0.544. The first-order chi connectivity index (χ1) is 10.3. The second-order valence-corrected chi connectivity index (χ2v) is 5.44. The summed E-state index contributed by atoms with van der Waals surface area (Å²) in [5.41, 5.74) is 4.89. The van der Waals surface area contributed by atoms with Crippen molar-refractivity contribution in [3.05, 3.63) is 71.0 Å². The molecule has 2 nitrogen and oxygen atoms in total. The van der Waals surface area contributed by atoms with Gasteiger partial charge in [0, 0.05) is 30.5 Å². The van der Waals surface area contributed by atoms with Gasteiger partial charge >= 0.3 is 0 Å². The number of benzene rings is 2. The smallest absolute Gasteiger partial charge is 0.134 e. The van der Waals surface area contributed by atoms with Crippen LogP contribution in [-0.4, -0.2) is 0 Å². The number of furan rings is 1. The summed E-state index contributed by atoms with van der Waals surface area (Å²) in [4.78, 5) is 0. The van der Waals surface area contributed by atoms with E-state index in [4.69, 9.17) is 4.42 Å². The minimum Gasteiger partial charge on any atom is -0.461 e. The van der Waals surface area contributed by atoms with Crippen molar-refractivity contribution in [1.82, 2.24) is 5.32 Å². The molecule has 0 aliphatic rings. The minimum absolute atomic E-state index is 0.841. The summed E-state index contributed by atoms with van der Waals surface area (Å²) in [6.07, 6.45) is 0.927. The largest absolute Gasteiger partial charge is 0.461 e. The highest BCUT2D eigenvalue weighted by atomic mass is 16.3. The zero-order chi connectivity index (χ0) is 14.7. The second kappa shape index (κ2) is 6.15. The molecule has 0 fully saturated rings. The van der Waals surface area contributed by atoms with Crippen molar-refractivity contribution < 1.29 is 4.42 Å². The van der Waals surface area contributed by atoms with Crippen LogP contribution in [0.15, 0.2) is 52.9 Å². The number of rotatable bonds is 5. The Hall–Kier alpha value is -2.06. The van der Waals surface area contributed by atoms with Gasteiger partial charge in [0.05, 0.1) is 0 Å². The molecule has 0 amide bonds. The van der Waals surface area contributed by atoms with E-state index in [9.17, 15) is 0 Å². The van der Waals surface area contributed by atoms with Crippen LogP contribution in [0.25, 0.3) is 11.0 Å². The van der Waals surface area contributed by atoms with Gasteiger partial charge < -0.3 is 9.73 Å². The predicted molar refractivity (Wildman–Crippen MR) is 87.3 cm³/mol. The molecule has 108 valence electrons. The fraction of sp³-hybridized carbons (Fsp3) is 0.263. The Labute approximate surface area is 125 Å². The number of fused-ring (bicyclic) bond motifs is 1. The van der Waals surface area contributed by atoms with Crippen molar-refractivity contribution >= 4 is 11.0 Å². The maximum Gasteiger partial charge on any atom is 0.134 e.